The van der Waals surface area contributed by atoms with E-state index in [1.54, 1.807) is 13.8 Å². The van der Waals surface area contributed by atoms with Crippen LogP contribution in [0, 0.1) is 11.8 Å². The van der Waals surface area contributed by atoms with Crippen molar-refractivity contribution in [2.24, 2.45) is 11.8 Å². The van der Waals surface area contributed by atoms with Gasteiger partial charge in [-0.2, -0.15) is 0 Å². The predicted molar refractivity (Wildman–Crippen MR) is 60.8 cm³/mol. The molecule has 0 aliphatic heterocycles. The van der Waals surface area contributed by atoms with Crippen LogP contribution in [0.15, 0.2) is 0 Å². The van der Waals surface area contributed by atoms with E-state index in [0.717, 1.165) is 12.8 Å². The van der Waals surface area contributed by atoms with Gasteiger partial charge in [0.05, 0.1) is 19.1 Å². The third-order valence-corrected chi connectivity index (χ3v) is 2.15. The van der Waals surface area contributed by atoms with Crippen LogP contribution < -0.4 is 0 Å². The van der Waals surface area contributed by atoms with Gasteiger partial charge in [0.1, 0.15) is 0 Å². The Morgan fingerprint density at radius 3 is 2.12 bits per heavy atom. The van der Waals surface area contributed by atoms with Crippen molar-refractivity contribution < 1.29 is 19.1 Å². The van der Waals surface area contributed by atoms with Gasteiger partial charge in [-0.25, -0.2) is 0 Å². The van der Waals surface area contributed by atoms with Crippen LogP contribution in [-0.2, 0) is 19.1 Å². The summed E-state index contributed by atoms with van der Waals surface area (Å²) in [5.74, 6) is -0.507. The zero-order valence-electron chi connectivity index (χ0n) is 10.6. The highest BCUT2D eigenvalue weighted by Gasteiger charge is 2.14. The van der Waals surface area contributed by atoms with Crippen LogP contribution in [-0.4, -0.2) is 25.2 Å². The third-order valence-electron chi connectivity index (χ3n) is 2.15. The standard InChI is InChI=1S/C12H22O4/c1-5-6-11(7-15-10(4)13)8-16-12(14)9(2)3/h9,11H,5-8H2,1-4H3. The van der Waals surface area contributed by atoms with Crippen molar-refractivity contribution >= 4 is 11.9 Å². The average molecular weight is 230 g/mol. The van der Waals surface area contributed by atoms with Crippen LogP contribution in [0.3, 0.4) is 0 Å². The molecule has 0 aromatic heterocycles. The Kier molecular flexibility index (Phi) is 7.60. The molecule has 4 nitrogen and oxygen atoms in total. The van der Waals surface area contributed by atoms with Crippen molar-refractivity contribution in [3.8, 4) is 0 Å². The number of rotatable bonds is 7. The summed E-state index contributed by atoms with van der Waals surface area (Å²) in [5.41, 5.74) is 0. The topological polar surface area (TPSA) is 52.6 Å². The number of esters is 2. The molecule has 0 radical (unpaired) electrons. The zero-order chi connectivity index (χ0) is 12.6. The van der Waals surface area contributed by atoms with Gasteiger partial charge in [-0.1, -0.05) is 27.2 Å². The maximum Gasteiger partial charge on any atom is 0.308 e. The molecular formula is C12H22O4. The van der Waals surface area contributed by atoms with Crippen molar-refractivity contribution in [3.63, 3.8) is 0 Å². The smallest absolute Gasteiger partial charge is 0.308 e. The van der Waals surface area contributed by atoms with Gasteiger partial charge >= 0.3 is 11.9 Å². The molecule has 0 aromatic rings. The minimum Gasteiger partial charge on any atom is -0.465 e. The Balaban J connectivity index is 3.92. The first-order chi connectivity index (χ1) is 7.47. The Morgan fingerprint density at radius 1 is 1.12 bits per heavy atom. The highest BCUT2D eigenvalue weighted by molar-refractivity contribution is 5.71. The fourth-order valence-electron chi connectivity index (χ4n) is 1.22. The van der Waals surface area contributed by atoms with E-state index in [1.165, 1.54) is 6.92 Å². The van der Waals surface area contributed by atoms with Gasteiger partial charge in [-0.05, 0) is 6.42 Å². The molecule has 0 saturated heterocycles. The molecule has 0 bridgehead atoms. The molecule has 4 heteroatoms. The molecule has 0 saturated carbocycles. The van der Waals surface area contributed by atoms with Crippen molar-refractivity contribution in [2.45, 2.75) is 40.5 Å². The maximum atomic E-state index is 11.3. The first-order valence-corrected chi connectivity index (χ1v) is 5.77. The molecule has 0 aliphatic carbocycles. The predicted octanol–water partition coefficient (Wildman–Crippen LogP) is 2.17. The molecule has 0 N–H and O–H groups in total. The SMILES string of the molecule is CCCC(COC(C)=O)COC(=O)C(C)C. The van der Waals surface area contributed by atoms with Crippen LogP contribution in [0.4, 0.5) is 0 Å². The van der Waals surface area contributed by atoms with Gasteiger partial charge in [0.2, 0.25) is 0 Å². The maximum absolute atomic E-state index is 11.3. The van der Waals surface area contributed by atoms with Crippen LogP contribution in [0.25, 0.3) is 0 Å². The van der Waals surface area contributed by atoms with E-state index in [-0.39, 0.29) is 23.8 Å². The Bertz CT molecular complexity index is 223. The van der Waals surface area contributed by atoms with Crippen LogP contribution in [0.5, 0.6) is 0 Å². The van der Waals surface area contributed by atoms with E-state index < -0.39 is 0 Å². The number of hydrogen-bond acceptors (Lipinski definition) is 4. The van der Waals surface area contributed by atoms with Gasteiger partial charge in [-0.15, -0.1) is 0 Å². The molecule has 0 aliphatic rings. The Hall–Kier alpha value is -1.06. The van der Waals surface area contributed by atoms with Gasteiger partial charge < -0.3 is 9.47 Å². The molecule has 0 spiro atoms. The number of ether oxygens (including phenoxy) is 2. The van der Waals surface area contributed by atoms with Crippen molar-refractivity contribution in [1.29, 1.82) is 0 Å². The van der Waals surface area contributed by atoms with E-state index in [1.807, 2.05) is 6.92 Å². The quantitative estimate of drug-likeness (QED) is 0.629. The Labute approximate surface area is 97.3 Å². The fourth-order valence-corrected chi connectivity index (χ4v) is 1.22. The second-order valence-corrected chi connectivity index (χ2v) is 4.24. The molecule has 1 unspecified atom stereocenters. The fraction of sp³-hybridized carbons (Fsp3) is 0.833. The van der Waals surface area contributed by atoms with Gasteiger partial charge in [0.25, 0.3) is 0 Å². The average Bonchev–Trinajstić information content (AvgIpc) is 2.21. The normalized spacial score (nSPS) is 12.3. The lowest BCUT2D eigenvalue weighted by atomic mass is 10.1. The monoisotopic (exact) mass is 230 g/mol. The summed E-state index contributed by atoms with van der Waals surface area (Å²) in [4.78, 5) is 21.9. The second kappa shape index (κ2) is 8.13. The lowest BCUT2D eigenvalue weighted by molar-refractivity contribution is -0.150. The summed E-state index contributed by atoms with van der Waals surface area (Å²) in [5, 5.41) is 0. The largest absolute Gasteiger partial charge is 0.465 e. The van der Waals surface area contributed by atoms with Crippen LogP contribution >= 0.6 is 0 Å². The molecular weight excluding hydrogens is 208 g/mol. The van der Waals surface area contributed by atoms with Crippen molar-refractivity contribution in [3.05, 3.63) is 0 Å². The summed E-state index contributed by atoms with van der Waals surface area (Å²) >= 11 is 0. The first-order valence-electron chi connectivity index (χ1n) is 5.77. The highest BCUT2D eigenvalue weighted by atomic mass is 16.5. The van der Waals surface area contributed by atoms with E-state index in [9.17, 15) is 9.59 Å². The molecule has 16 heavy (non-hydrogen) atoms. The van der Waals surface area contributed by atoms with Crippen LogP contribution in [0.2, 0.25) is 0 Å². The molecule has 0 amide bonds. The summed E-state index contributed by atoms with van der Waals surface area (Å²) < 4.78 is 10.0. The lowest BCUT2D eigenvalue weighted by Crippen LogP contribution is -2.22. The van der Waals surface area contributed by atoms with Gasteiger partial charge in [-0.3, -0.25) is 9.59 Å². The zero-order valence-corrected chi connectivity index (χ0v) is 10.6. The molecule has 0 rings (SSSR count). The van der Waals surface area contributed by atoms with E-state index in [0.29, 0.717) is 13.2 Å². The summed E-state index contributed by atoms with van der Waals surface area (Å²) in [6.07, 6.45) is 1.86. The first kappa shape index (κ1) is 14.9. The Morgan fingerprint density at radius 2 is 1.69 bits per heavy atom. The molecule has 94 valence electrons. The second-order valence-electron chi connectivity index (χ2n) is 4.24. The van der Waals surface area contributed by atoms with Gasteiger partial charge in [0, 0.05) is 12.8 Å². The highest BCUT2D eigenvalue weighted by Crippen LogP contribution is 2.09. The summed E-state index contributed by atoms with van der Waals surface area (Å²) in [7, 11) is 0. The lowest BCUT2D eigenvalue weighted by Gasteiger charge is -2.16. The molecule has 1 atom stereocenters. The number of carbonyl (C=O) groups is 2. The van der Waals surface area contributed by atoms with Crippen molar-refractivity contribution in [2.75, 3.05) is 13.2 Å². The number of hydrogen-bond donors (Lipinski definition) is 0. The van der Waals surface area contributed by atoms with Crippen molar-refractivity contribution in [1.82, 2.24) is 0 Å². The van der Waals surface area contributed by atoms with E-state index in [4.69, 9.17) is 9.47 Å². The molecule has 0 fully saturated rings. The summed E-state index contributed by atoms with van der Waals surface area (Å²) in [6, 6.07) is 0. The molecule has 0 aromatic carbocycles. The third kappa shape index (κ3) is 7.26. The van der Waals surface area contributed by atoms with E-state index in [2.05, 4.69) is 0 Å². The minimum atomic E-state index is -0.295. The van der Waals surface area contributed by atoms with Gasteiger partial charge in [0.15, 0.2) is 0 Å². The summed E-state index contributed by atoms with van der Waals surface area (Å²) in [6.45, 7) is 7.67. The van der Waals surface area contributed by atoms with E-state index >= 15 is 0 Å². The van der Waals surface area contributed by atoms with Crippen LogP contribution in [0.1, 0.15) is 40.5 Å². The molecule has 0 heterocycles. The minimum absolute atomic E-state index is 0.108. The number of carbonyl (C=O) groups excluding carboxylic acids is 2.